The molecule has 0 spiro atoms. The fourth-order valence-corrected chi connectivity index (χ4v) is 3.05. The molecule has 0 amide bonds. The fraction of sp³-hybridized carbons (Fsp3) is 0.778. The summed E-state index contributed by atoms with van der Waals surface area (Å²) in [5.41, 5.74) is 0.902. The number of hydrogen-bond acceptors (Lipinski definition) is 5. The number of carbonyl (C=O) groups excluding carboxylic acids is 2. The molecule has 0 radical (unpaired) electrons. The number of carbonyl (C=O) groups is 2. The maximum absolute atomic E-state index is 12.0. The van der Waals surface area contributed by atoms with Crippen molar-refractivity contribution in [2.45, 2.75) is 76.6 Å². The molecule has 2 rings (SSSR count). The average molecular weight is 324 g/mol. The minimum atomic E-state index is -0.149. The van der Waals surface area contributed by atoms with Crippen LogP contribution >= 0.6 is 0 Å². The second kappa shape index (κ2) is 9.83. The summed E-state index contributed by atoms with van der Waals surface area (Å²) >= 11 is 0. The summed E-state index contributed by atoms with van der Waals surface area (Å²) in [6, 6.07) is 0. The Balaban J connectivity index is 1.61. The molecule has 0 aromatic rings. The molecule has 0 bridgehead atoms. The SMILES string of the molecule is COC(=O)CCCCCCC1=CC(OC2CCCCO2)CC1=O. The molecule has 0 aromatic heterocycles. The second-order valence-electron chi connectivity index (χ2n) is 6.28. The molecule has 1 aliphatic heterocycles. The average Bonchev–Trinajstić information content (AvgIpc) is 2.91. The number of esters is 1. The number of rotatable bonds is 9. The van der Waals surface area contributed by atoms with E-state index in [1.807, 2.05) is 6.08 Å². The summed E-state index contributed by atoms with van der Waals surface area (Å²) in [5, 5.41) is 0. The van der Waals surface area contributed by atoms with Crippen molar-refractivity contribution in [2.24, 2.45) is 0 Å². The van der Waals surface area contributed by atoms with Crippen LogP contribution in [0.5, 0.6) is 0 Å². The van der Waals surface area contributed by atoms with Crippen molar-refractivity contribution in [2.75, 3.05) is 13.7 Å². The summed E-state index contributed by atoms with van der Waals surface area (Å²) in [6.07, 6.45) is 10.5. The van der Waals surface area contributed by atoms with Gasteiger partial charge in [-0.2, -0.15) is 0 Å². The van der Waals surface area contributed by atoms with Crippen molar-refractivity contribution in [3.8, 4) is 0 Å². The number of unbranched alkanes of at least 4 members (excludes halogenated alkanes) is 3. The van der Waals surface area contributed by atoms with Crippen LogP contribution in [0.2, 0.25) is 0 Å². The minimum Gasteiger partial charge on any atom is -0.469 e. The molecule has 0 aromatic carbocycles. The molecule has 1 aliphatic carbocycles. The van der Waals surface area contributed by atoms with E-state index in [9.17, 15) is 9.59 Å². The van der Waals surface area contributed by atoms with E-state index in [0.29, 0.717) is 12.8 Å². The highest BCUT2D eigenvalue weighted by Gasteiger charge is 2.27. The highest BCUT2D eigenvalue weighted by atomic mass is 16.7. The summed E-state index contributed by atoms with van der Waals surface area (Å²) in [6.45, 7) is 0.757. The maximum atomic E-state index is 12.0. The van der Waals surface area contributed by atoms with Crippen LogP contribution in [0, 0.1) is 0 Å². The molecule has 0 saturated carbocycles. The quantitative estimate of drug-likeness (QED) is 0.481. The van der Waals surface area contributed by atoms with E-state index in [1.165, 1.54) is 7.11 Å². The zero-order chi connectivity index (χ0) is 16.5. The van der Waals surface area contributed by atoms with Crippen LogP contribution in [0.3, 0.4) is 0 Å². The van der Waals surface area contributed by atoms with Gasteiger partial charge >= 0.3 is 5.97 Å². The van der Waals surface area contributed by atoms with E-state index >= 15 is 0 Å². The van der Waals surface area contributed by atoms with Crippen molar-refractivity contribution in [1.82, 2.24) is 0 Å². The molecule has 1 saturated heterocycles. The minimum absolute atomic E-state index is 0.111. The highest BCUT2D eigenvalue weighted by molar-refractivity contribution is 5.98. The molecular weight excluding hydrogens is 296 g/mol. The number of allylic oxidation sites excluding steroid dienone is 1. The predicted molar refractivity (Wildman–Crippen MR) is 85.9 cm³/mol. The van der Waals surface area contributed by atoms with Crippen LogP contribution in [-0.4, -0.2) is 37.9 Å². The maximum Gasteiger partial charge on any atom is 0.305 e. The van der Waals surface area contributed by atoms with E-state index in [0.717, 1.165) is 63.5 Å². The number of methoxy groups -OCH3 is 1. The Morgan fingerprint density at radius 2 is 2.09 bits per heavy atom. The molecule has 5 nitrogen and oxygen atoms in total. The monoisotopic (exact) mass is 324 g/mol. The van der Waals surface area contributed by atoms with Crippen molar-refractivity contribution in [1.29, 1.82) is 0 Å². The Hall–Kier alpha value is -1.20. The van der Waals surface area contributed by atoms with Crippen molar-refractivity contribution in [3.63, 3.8) is 0 Å². The number of ether oxygens (including phenoxy) is 3. The highest BCUT2D eigenvalue weighted by Crippen LogP contribution is 2.25. The van der Waals surface area contributed by atoms with Crippen LogP contribution in [0.25, 0.3) is 0 Å². The second-order valence-corrected chi connectivity index (χ2v) is 6.28. The first-order chi connectivity index (χ1) is 11.2. The van der Waals surface area contributed by atoms with Gasteiger partial charge in [0.2, 0.25) is 0 Å². The lowest BCUT2D eigenvalue weighted by atomic mass is 10.0. The third kappa shape index (κ3) is 6.43. The van der Waals surface area contributed by atoms with Gasteiger partial charge < -0.3 is 14.2 Å². The zero-order valence-corrected chi connectivity index (χ0v) is 14.1. The lowest BCUT2D eigenvalue weighted by molar-refractivity contribution is -0.178. The van der Waals surface area contributed by atoms with Gasteiger partial charge in [0, 0.05) is 19.4 Å². The van der Waals surface area contributed by atoms with Crippen LogP contribution < -0.4 is 0 Å². The van der Waals surface area contributed by atoms with Crippen LogP contribution in [0.4, 0.5) is 0 Å². The summed E-state index contributed by atoms with van der Waals surface area (Å²) < 4.78 is 16.0. The molecule has 0 N–H and O–H groups in total. The normalized spacial score (nSPS) is 24.6. The predicted octanol–water partition coefficient (Wildman–Crippen LogP) is 3.31. The van der Waals surface area contributed by atoms with Gasteiger partial charge in [-0.05, 0) is 50.2 Å². The van der Waals surface area contributed by atoms with Crippen LogP contribution in [0.15, 0.2) is 11.6 Å². The topological polar surface area (TPSA) is 61.8 Å². The molecule has 130 valence electrons. The van der Waals surface area contributed by atoms with E-state index in [-0.39, 0.29) is 24.1 Å². The van der Waals surface area contributed by atoms with E-state index in [1.54, 1.807) is 0 Å². The van der Waals surface area contributed by atoms with Gasteiger partial charge in [0.1, 0.15) is 0 Å². The molecule has 5 heteroatoms. The molecule has 2 unspecified atom stereocenters. The first-order valence-corrected chi connectivity index (χ1v) is 8.77. The van der Waals surface area contributed by atoms with Gasteiger partial charge in [-0.25, -0.2) is 0 Å². The Labute approximate surface area is 138 Å². The van der Waals surface area contributed by atoms with Crippen molar-refractivity contribution >= 4 is 11.8 Å². The third-order valence-corrected chi connectivity index (χ3v) is 4.40. The largest absolute Gasteiger partial charge is 0.469 e. The fourth-order valence-electron chi connectivity index (χ4n) is 3.05. The van der Waals surface area contributed by atoms with Gasteiger partial charge in [0.15, 0.2) is 12.1 Å². The van der Waals surface area contributed by atoms with Gasteiger partial charge in [-0.15, -0.1) is 0 Å². The smallest absolute Gasteiger partial charge is 0.305 e. The molecule has 1 heterocycles. The third-order valence-electron chi connectivity index (χ3n) is 4.40. The lowest BCUT2D eigenvalue weighted by Gasteiger charge is -2.24. The van der Waals surface area contributed by atoms with Crippen LogP contribution in [-0.2, 0) is 23.8 Å². The van der Waals surface area contributed by atoms with Gasteiger partial charge in [-0.1, -0.05) is 12.8 Å². The Kier molecular flexibility index (Phi) is 7.76. The first-order valence-electron chi connectivity index (χ1n) is 8.77. The molecule has 1 fully saturated rings. The Bertz CT molecular complexity index is 423. The van der Waals surface area contributed by atoms with Gasteiger partial charge in [0.25, 0.3) is 0 Å². The Morgan fingerprint density at radius 1 is 1.26 bits per heavy atom. The summed E-state index contributed by atoms with van der Waals surface area (Å²) in [7, 11) is 1.41. The summed E-state index contributed by atoms with van der Waals surface area (Å²) in [4.78, 5) is 23.0. The van der Waals surface area contributed by atoms with Crippen LogP contribution in [0.1, 0.15) is 64.2 Å². The number of hydrogen-bond donors (Lipinski definition) is 0. The van der Waals surface area contributed by atoms with Crippen molar-refractivity contribution in [3.05, 3.63) is 11.6 Å². The van der Waals surface area contributed by atoms with Gasteiger partial charge in [-0.3, -0.25) is 9.59 Å². The van der Waals surface area contributed by atoms with Crippen molar-refractivity contribution < 1.29 is 23.8 Å². The van der Waals surface area contributed by atoms with E-state index in [2.05, 4.69) is 4.74 Å². The molecule has 23 heavy (non-hydrogen) atoms. The molecule has 2 aliphatic rings. The van der Waals surface area contributed by atoms with E-state index < -0.39 is 0 Å². The van der Waals surface area contributed by atoms with E-state index in [4.69, 9.17) is 9.47 Å². The van der Waals surface area contributed by atoms with Gasteiger partial charge in [0.05, 0.1) is 13.2 Å². The zero-order valence-electron chi connectivity index (χ0n) is 14.1. The first kappa shape index (κ1) is 18.1. The Morgan fingerprint density at radius 3 is 2.83 bits per heavy atom. The summed E-state index contributed by atoms with van der Waals surface area (Å²) in [5.74, 6) is 0.0592. The standard InChI is InChI=1S/C18H28O5/c1-21-17(20)9-5-3-2-4-8-14-12-15(13-16(14)19)23-18-10-6-7-11-22-18/h12,15,18H,2-11,13H2,1H3. The molecule has 2 atom stereocenters. The number of Topliss-reactive ketones (excluding diaryl/α,β-unsaturated/α-hetero) is 1. The number of ketones is 1. The lowest BCUT2D eigenvalue weighted by Crippen LogP contribution is -2.26. The molecular formula is C18H28O5.